The molecule has 1 fully saturated rings. The number of hydrogen-bond acceptors (Lipinski definition) is 4. The van der Waals surface area contributed by atoms with E-state index in [1.165, 1.54) is 23.3 Å². The Morgan fingerprint density at radius 1 is 1.00 bits per heavy atom. The first-order valence-corrected chi connectivity index (χ1v) is 9.46. The zero-order chi connectivity index (χ0) is 20.5. The van der Waals surface area contributed by atoms with Gasteiger partial charge in [-0.05, 0) is 48.5 Å². The van der Waals surface area contributed by atoms with Gasteiger partial charge in [-0.15, -0.1) is 0 Å². The summed E-state index contributed by atoms with van der Waals surface area (Å²) in [5, 5.41) is 0.785. The van der Waals surface area contributed by atoms with Crippen LogP contribution in [0.1, 0.15) is 17.0 Å². The van der Waals surface area contributed by atoms with Crippen molar-refractivity contribution in [1.29, 1.82) is 0 Å². The lowest BCUT2D eigenvalue weighted by molar-refractivity contribution is -0.121. The smallest absolute Gasteiger partial charge is 0.294 e. The third-order valence-electron chi connectivity index (χ3n) is 4.54. The number of amides is 3. The van der Waals surface area contributed by atoms with E-state index in [4.69, 9.17) is 27.6 Å². The van der Waals surface area contributed by atoms with Crippen LogP contribution in [-0.4, -0.2) is 23.8 Å². The number of carbonyl (C=O) groups excluding carboxylic acids is 3. The van der Waals surface area contributed by atoms with E-state index in [-0.39, 0.29) is 12.2 Å². The summed E-state index contributed by atoms with van der Waals surface area (Å²) in [5.41, 5.74) is 0.740. The third-order valence-corrected chi connectivity index (χ3v) is 5.01. The van der Waals surface area contributed by atoms with E-state index in [9.17, 15) is 14.4 Å². The zero-order valence-corrected chi connectivity index (χ0v) is 16.4. The van der Waals surface area contributed by atoms with Gasteiger partial charge in [0.25, 0.3) is 11.8 Å². The molecule has 1 saturated heterocycles. The van der Waals surface area contributed by atoms with E-state index in [1.54, 1.807) is 48.5 Å². The van der Waals surface area contributed by atoms with Crippen LogP contribution in [0.3, 0.4) is 0 Å². The molecule has 2 aromatic carbocycles. The van der Waals surface area contributed by atoms with E-state index in [2.05, 4.69) is 0 Å². The number of carbonyl (C=O) groups is 3. The maximum absolute atomic E-state index is 13.2. The van der Waals surface area contributed by atoms with E-state index in [0.717, 1.165) is 4.90 Å². The van der Waals surface area contributed by atoms with Crippen LogP contribution < -0.4 is 9.80 Å². The average molecular weight is 429 g/mol. The highest BCUT2D eigenvalue weighted by Gasteiger charge is 2.45. The predicted molar refractivity (Wildman–Crippen MR) is 109 cm³/mol. The van der Waals surface area contributed by atoms with Crippen molar-refractivity contribution in [2.24, 2.45) is 0 Å². The molecule has 3 aromatic rings. The Morgan fingerprint density at radius 3 is 2.38 bits per heavy atom. The first-order valence-electron chi connectivity index (χ1n) is 8.70. The minimum absolute atomic E-state index is 0.0476. The Balaban J connectivity index is 1.76. The van der Waals surface area contributed by atoms with Crippen LogP contribution in [0.5, 0.6) is 0 Å². The fraction of sp³-hybridized carbons (Fsp3) is 0.0952. The number of halogens is 2. The molecule has 4 rings (SSSR count). The van der Waals surface area contributed by atoms with Crippen molar-refractivity contribution < 1.29 is 18.8 Å². The van der Waals surface area contributed by atoms with Gasteiger partial charge in [0.15, 0.2) is 5.76 Å². The van der Waals surface area contributed by atoms with E-state index in [0.29, 0.717) is 21.4 Å². The van der Waals surface area contributed by atoms with Crippen molar-refractivity contribution in [3.8, 4) is 0 Å². The number of furan rings is 1. The lowest BCUT2D eigenvalue weighted by Crippen LogP contribution is -2.45. The lowest BCUT2D eigenvalue weighted by atomic mass is 10.1. The summed E-state index contributed by atoms with van der Waals surface area (Å²) in [4.78, 5) is 41.3. The summed E-state index contributed by atoms with van der Waals surface area (Å²) in [5.74, 6) is -1.46. The maximum atomic E-state index is 13.2. The first kappa shape index (κ1) is 19.2. The number of imide groups is 1. The van der Waals surface area contributed by atoms with Gasteiger partial charge in [0, 0.05) is 15.7 Å². The molecule has 0 radical (unpaired) electrons. The number of nitrogens with zero attached hydrogens (tertiary/aromatic N) is 2. The van der Waals surface area contributed by atoms with Gasteiger partial charge in [-0.2, -0.15) is 0 Å². The van der Waals surface area contributed by atoms with Crippen molar-refractivity contribution in [3.63, 3.8) is 0 Å². The molecule has 8 heteroatoms. The highest BCUT2D eigenvalue weighted by atomic mass is 35.5. The maximum Gasteiger partial charge on any atom is 0.294 e. The van der Waals surface area contributed by atoms with Crippen LogP contribution in [-0.2, 0) is 9.59 Å². The molecule has 146 valence electrons. The monoisotopic (exact) mass is 428 g/mol. The number of benzene rings is 2. The Morgan fingerprint density at radius 2 is 1.72 bits per heavy atom. The van der Waals surface area contributed by atoms with Crippen molar-refractivity contribution >= 4 is 52.3 Å². The van der Waals surface area contributed by atoms with Crippen LogP contribution in [0.15, 0.2) is 71.3 Å². The van der Waals surface area contributed by atoms with Gasteiger partial charge in [-0.3, -0.25) is 19.3 Å². The standard InChI is InChI=1S/C21H14Cl2N2O4/c22-13-4-1-6-15(10-13)24(21(28)18-8-3-9-29-18)17-12-19(26)25(20(17)27)16-7-2-5-14(23)11-16/h1-11,17H,12H2/t17-/m0/s1. The Hall–Kier alpha value is -3.09. The minimum Gasteiger partial charge on any atom is -0.459 e. The molecule has 3 amide bonds. The number of anilines is 2. The molecule has 1 aliphatic rings. The molecule has 0 saturated carbocycles. The highest BCUT2D eigenvalue weighted by molar-refractivity contribution is 6.32. The average Bonchev–Trinajstić information content (AvgIpc) is 3.31. The lowest BCUT2D eigenvalue weighted by Gasteiger charge is -2.27. The summed E-state index contributed by atoms with van der Waals surface area (Å²) in [6, 6.07) is 15.0. The van der Waals surface area contributed by atoms with Gasteiger partial charge in [-0.25, -0.2) is 4.90 Å². The van der Waals surface area contributed by atoms with Gasteiger partial charge >= 0.3 is 0 Å². The highest BCUT2D eigenvalue weighted by Crippen LogP contribution is 2.32. The van der Waals surface area contributed by atoms with Gasteiger partial charge < -0.3 is 4.42 Å². The molecule has 1 atom stereocenters. The van der Waals surface area contributed by atoms with Crippen molar-refractivity contribution in [3.05, 3.63) is 82.7 Å². The van der Waals surface area contributed by atoms with E-state index >= 15 is 0 Å². The molecule has 6 nitrogen and oxygen atoms in total. The molecule has 29 heavy (non-hydrogen) atoms. The molecule has 0 bridgehead atoms. The second-order valence-corrected chi connectivity index (χ2v) is 7.27. The number of rotatable bonds is 4. The largest absolute Gasteiger partial charge is 0.459 e. The quantitative estimate of drug-likeness (QED) is 0.570. The van der Waals surface area contributed by atoms with Gasteiger partial charge in [-0.1, -0.05) is 35.3 Å². The molecule has 0 aliphatic carbocycles. The second kappa shape index (κ2) is 7.73. The predicted octanol–water partition coefficient (Wildman–Crippen LogP) is 4.57. The van der Waals surface area contributed by atoms with Crippen molar-refractivity contribution in [1.82, 2.24) is 0 Å². The van der Waals surface area contributed by atoms with Crippen LogP contribution in [0, 0.1) is 0 Å². The van der Waals surface area contributed by atoms with Crippen LogP contribution in [0.25, 0.3) is 0 Å². The molecular formula is C21H14Cl2N2O4. The normalized spacial score (nSPS) is 16.3. The minimum atomic E-state index is -1.04. The van der Waals surface area contributed by atoms with Gasteiger partial charge in [0.2, 0.25) is 5.91 Å². The first-order chi connectivity index (χ1) is 14.0. The fourth-order valence-electron chi connectivity index (χ4n) is 3.29. The molecular weight excluding hydrogens is 415 g/mol. The SMILES string of the molecule is O=C1C[C@H](N(C(=O)c2ccco2)c2cccc(Cl)c2)C(=O)N1c1cccc(Cl)c1. The molecule has 2 heterocycles. The van der Waals surface area contributed by atoms with Gasteiger partial charge in [0.1, 0.15) is 6.04 Å². The molecule has 0 spiro atoms. The summed E-state index contributed by atoms with van der Waals surface area (Å²) in [7, 11) is 0. The van der Waals surface area contributed by atoms with Crippen LogP contribution in [0.4, 0.5) is 11.4 Å². The summed E-state index contributed by atoms with van der Waals surface area (Å²) in [6.07, 6.45) is 1.19. The summed E-state index contributed by atoms with van der Waals surface area (Å²) < 4.78 is 5.23. The molecule has 0 unspecified atom stereocenters. The van der Waals surface area contributed by atoms with E-state index in [1.807, 2.05) is 0 Å². The van der Waals surface area contributed by atoms with E-state index < -0.39 is 23.8 Å². The topological polar surface area (TPSA) is 70.8 Å². The molecule has 1 aromatic heterocycles. The summed E-state index contributed by atoms with van der Waals surface area (Å²) in [6.45, 7) is 0. The van der Waals surface area contributed by atoms with Crippen LogP contribution in [0.2, 0.25) is 10.0 Å². The van der Waals surface area contributed by atoms with Crippen molar-refractivity contribution in [2.45, 2.75) is 12.5 Å². The van der Waals surface area contributed by atoms with Crippen molar-refractivity contribution in [2.75, 3.05) is 9.80 Å². The summed E-state index contributed by atoms with van der Waals surface area (Å²) >= 11 is 12.1. The van der Waals surface area contributed by atoms with Crippen LogP contribution >= 0.6 is 23.2 Å². The second-order valence-electron chi connectivity index (χ2n) is 6.40. The van der Waals surface area contributed by atoms with Gasteiger partial charge in [0.05, 0.1) is 18.4 Å². The zero-order valence-electron chi connectivity index (χ0n) is 14.9. The molecule has 0 N–H and O–H groups in total. The Kier molecular flexibility index (Phi) is 5.13. The Bertz CT molecular complexity index is 1100. The Labute approximate surface area is 176 Å². The third kappa shape index (κ3) is 3.64. The fourth-order valence-corrected chi connectivity index (χ4v) is 3.66. The molecule has 1 aliphatic heterocycles. The number of hydrogen-bond donors (Lipinski definition) is 0.